The number of nitrogens with zero attached hydrogens (tertiary/aromatic N) is 2. The van der Waals surface area contributed by atoms with Gasteiger partial charge in [0.1, 0.15) is 5.25 Å². The Bertz CT molecular complexity index is 1310. The molecule has 0 aliphatic heterocycles. The summed E-state index contributed by atoms with van der Waals surface area (Å²) in [5.74, 6) is -0.511. The first-order valence-electron chi connectivity index (χ1n) is 9.25. The maximum Gasteiger partial charge on any atom is 0.266 e. The molecule has 1 unspecified atom stereocenters. The number of amides is 1. The van der Waals surface area contributed by atoms with Gasteiger partial charge < -0.3 is 5.73 Å². The van der Waals surface area contributed by atoms with Gasteiger partial charge in [-0.2, -0.15) is 0 Å². The molecule has 1 heterocycles. The number of rotatable bonds is 5. The number of primary amides is 1. The van der Waals surface area contributed by atoms with Crippen LogP contribution in [0.5, 0.6) is 0 Å². The molecule has 0 saturated heterocycles. The summed E-state index contributed by atoms with van der Waals surface area (Å²) in [5.41, 5.74) is 8.30. The highest BCUT2D eigenvalue weighted by molar-refractivity contribution is 8.00. The fourth-order valence-corrected chi connectivity index (χ4v) is 4.49. The van der Waals surface area contributed by atoms with Crippen molar-refractivity contribution in [1.82, 2.24) is 9.55 Å². The van der Waals surface area contributed by atoms with Crippen LogP contribution in [0.25, 0.3) is 16.6 Å². The quantitative estimate of drug-likeness (QED) is 0.365. The summed E-state index contributed by atoms with van der Waals surface area (Å²) < 4.78 is 1.54. The Labute approximate surface area is 182 Å². The van der Waals surface area contributed by atoms with Crippen molar-refractivity contribution in [2.75, 3.05) is 0 Å². The number of carbonyl (C=O) groups excluding carboxylic acids is 1. The molecule has 1 amide bonds. The van der Waals surface area contributed by atoms with Crippen molar-refractivity contribution < 1.29 is 4.79 Å². The van der Waals surface area contributed by atoms with Crippen LogP contribution in [0.15, 0.2) is 82.7 Å². The number of hydrogen-bond donors (Lipinski definition) is 1. The first-order valence-corrected chi connectivity index (χ1v) is 10.5. The highest BCUT2D eigenvalue weighted by atomic mass is 35.5. The van der Waals surface area contributed by atoms with E-state index in [0.29, 0.717) is 26.8 Å². The highest BCUT2D eigenvalue weighted by Gasteiger charge is 2.24. The smallest absolute Gasteiger partial charge is 0.266 e. The van der Waals surface area contributed by atoms with E-state index in [1.54, 1.807) is 18.2 Å². The molecule has 4 rings (SSSR count). The zero-order chi connectivity index (χ0) is 21.3. The summed E-state index contributed by atoms with van der Waals surface area (Å²) in [4.78, 5) is 30.4. The minimum Gasteiger partial charge on any atom is -0.368 e. The number of aromatic nitrogens is 2. The van der Waals surface area contributed by atoms with E-state index in [2.05, 4.69) is 0 Å². The van der Waals surface area contributed by atoms with Crippen LogP contribution >= 0.6 is 23.4 Å². The van der Waals surface area contributed by atoms with Crippen molar-refractivity contribution in [3.8, 4) is 5.69 Å². The predicted molar refractivity (Wildman–Crippen MR) is 121 cm³/mol. The number of para-hydroxylation sites is 1. The fourth-order valence-electron chi connectivity index (χ4n) is 3.27. The number of thioether (sulfide) groups is 1. The molecule has 2 N–H and O–H groups in total. The van der Waals surface area contributed by atoms with Crippen LogP contribution in [-0.2, 0) is 4.79 Å². The third kappa shape index (κ3) is 3.84. The van der Waals surface area contributed by atoms with E-state index in [1.165, 1.54) is 4.57 Å². The molecule has 3 aromatic carbocycles. The van der Waals surface area contributed by atoms with Crippen molar-refractivity contribution >= 4 is 40.2 Å². The van der Waals surface area contributed by atoms with Gasteiger partial charge >= 0.3 is 0 Å². The molecular weight excluding hydrogens is 418 g/mol. The molecule has 150 valence electrons. The summed E-state index contributed by atoms with van der Waals surface area (Å²) in [7, 11) is 0. The lowest BCUT2D eigenvalue weighted by Gasteiger charge is -2.18. The van der Waals surface area contributed by atoms with Gasteiger partial charge in [0.2, 0.25) is 5.91 Å². The van der Waals surface area contributed by atoms with Crippen molar-refractivity contribution in [3.63, 3.8) is 0 Å². The molecule has 0 saturated carbocycles. The molecule has 30 heavy (non-hydrogen) atoms. The Kier molecular flexibility index (Phi) is 5.61. The molecule has 0 aliphatic rings. The topological polar surface area (TPSA) is 78.0 Å². The number of carbonyl (C=O) groups is 1. The second-order valence-corrected chi connectivity index (χ2v) is 8.30. The maximum absolute atomic E-state index is 13.5. The second kappa shape index (κ2) is 8.34. The Hall–Kier alpha value is -3.09. The lowest BCUT2D eigenvalue weighted by atomic mass is 10.1. The monoisotopic (exact) mass is 435 g/mol. The van der Waals surface area contributed by atoms with Gasteiger partial charge in [-0.1, -0.05) is 71.9 Å². The van der Waals surface area contributed by atoms with E-state index in [1.807, 2.05) is 61.5 Å². The summed E-state index contributed by atoms with van der Waals surface area (Å²) in [6.07, 6.45) is 0. The van der Waals surface area contributed by atoms with E-state index in [4.69, 9.17) is 22.3 Å². The molecule has 7 heteroatoms. The van der Waals surface area contributed by atoms with Gasteiger partial charge in [-0.15, -0.1) is 0 Å². The summed E-state index contributed by atoms with van der Waals surface area (Å²) in [6, 6.07) is 21.7. The number of halogens is 1. The lowest BCUT2D eigenvalue weighted by molar-refractivity contribution is -0.117. The molecule has 0 spiro atoms. The minimum absolute atomic E-state index is 0.232. The largest absolute Gasteiger partial charge is 0.368 e. The molecule has 1 aromatic heterocycles. The third-order valence-corrected chi connectivity index (χ3v) is 6.20. The summed E-state index contributed by atoms with van der Waals surface area (Å²) in [5, 5.41) is 0.595. The molecule has 5 nitrogen and oxygen atoms in total. The molecule has 4 aromatic rings. The average Bonchev–Trinajstić information content (AvgIpc) is 2.73. The van der Waals surface area contributed by atoms with Gasteiger partial charge in [0.15, 0.2) is 5.16 Å². The Morgan fingerprint density at radius 2 is 1.77 bits per heavy atom. The Morgan fingerprint density at radius 3 is 2.47 bits per heavy atom. The van der Waals surface area contributed by atoms with E-state index >= 15 is 0 Å². The van der Waals surface area contributed by atoms with Gasteiger partial charge in [0, 0.05) is 5.02 Å². The first kappa shape index (κ1) is 20.2. The molecule has 1 atom stereocenters. The Morgan fingerprint density at radius 1 is 1.07 bits per heavy atom. The minimum atomic E-state index is -0.704. The number of aryl methyl sites for hydroxylation is 1. The molecule has 0 fully saturated rings. The molecule has 0 radical (unpaired) electrons. The number of fused-ring (bicyclic) bond motifs is 1. The van der Waals surface area contributed by atoms with E-state index in [-0.39, 0.29) is 5.56 Å². The SMILES string of the molecule is Cc1ccccc1-n1c(SC(C(N)=O)c2ccccc2)nc2cc(Cl)ccc2c1=O. The van der Waals surface area contributed by atoms with Crippen LogP contribution in [0.3, 0.4) is 0 Å². The molecule has 0 aliphatic carbocycles. The summed E-state index contributed by atoms with van der Waals surface area (Å²) >= 11 is 7.28. The zero-order valence-electron chi connectivity index (χ0n) is 16.1. The second-order valence-electron chi connectivity index (χ2n) is 6.79. The van der Waals surface area contributed by atoms with Crippen molar-refractivity contribution in [2.24, 2.45) is 5.73 Å². The van der Waals surface area contributed by atoms with Crippen LogP contribution in [-0.4, -0.2) is 15.5 Å². The number of benzene rings is 3. The van der Waals surface area contributed by atoms with Crippen LogP contribution in [0.2, 0.25) is 5.02 Å². The van der Waals surface area contributed by atoms with Crippen molar-refractivity contribution in [2.45, 2.75) is 17.3 Å². The van der Waals surface area contributed by atoms with Crippen LogP contribution in [0.1, 0.15) is 16.4 Å². The average molecular weight is 436 g/mol. The van der Waals surface area contributed by atoms with Crippen LogP contribution < -0.4 is 11.3 Å². The third-order valence-electron chi connectivity index (χ3n) is 4.74. The van der Waals surface area contributed by atoms with E-state index in [0.717, 1.165) is 22.9 Å². The van der Waals surface area contributed by atoms with Gasteiger partial charge in [-0.05, 0) is 42.3 Å². The molecular formula is C23H18ClN3O2S. The van der Waals surface area contributed by atoms with Gasteiger partial charge in [0.25, 0.3) is 5.56 Å². The maximum atomic E-state index is 13.5. The first-order chi connectivity index (χ1) is 14.5. The lowest BCUT2D eigenvalue weighted by Crippen LogP contribution is -2.25. The summed E-state index contributed by atoms with van der Waals surface area (Å²) in [6.45, 7) is 1.92. The predicted octanol–water partition coefficient (Wildman–Crippen LogP) is 4.67. The van der Waals surface area contributed by atoms with E-state index in [9.17, 15) is 9.59 Å². The van der Waals surface area contributed by atoms with Crippen LogP contribution in [0.4, 0.5) is 0 Å². The van der Waals surface area contributed by atoms with Crippen molar-refractivity contribution in [1.29, 1.82) is 0 Å². The van der Waals surface area contributed by atoms with E-state index < -0.39 is 11.2 Å². The molecule has 0 bridgehead atoms. The Balaban J connectivity index is 1.97. The number of nitrogens with two attached hydrogens (primary N) is 1. The van der Waals surface area contributed by atoms with Gasteiger partial charge in [-0.3, -0.25) is 14.2 Å². The van der Waals surface area contributed by atoms with Crippen molar-refractivity contribution in [3.05, 3.63) is 99.3 Å². The van der Waals surface area contributed by atoms with Gasteiger partial charge in [-0.25, -0.2) is 4.98 Å². The number of hydrogen-bond acceptors (Lipinski definition) is 4. The normalized spacial score (nSPS) is 12.1. The highest BCUT2D eigenvalue weighted by Crippen LogP contribution is 2.35. The van der Waals surface area contributed by atoms with Gasteiger partial charge in [0.05, 0.1) is 16.6 Å². The standard InChI is InChI=1S/C23H18ClN3O2S/c1-14-7-5-6-10-19(14)27-22(29)17-12-11-16(24)13-18(17)26-23(27)30-20(21(25)28)15-8-3-2-4-9-15/h2-13,20H,1H3,(H2,25,28). The van der Waals surface area contributed by atoms with Crippen LogP contribution in [0, 0.1) is 6.92 Å². The zero-order valence-corrected chi connectivity index (χ0v) is 17.7. The fraction of sp³-hybridized carbons (Fsp3) is 0.0870.